The molecule has 0 aliphatic rings. The molecule has 0 aliphatic heterocycles. The molecule has 0 saturated carbocycles. The summed E-state index contributed by atoms with van der Waals surface area (Å²) in [5, 5.41) is 13.4. The molecule has 108 valence electrons. The summed E-state index contributed by atoms with van der Waals surface area (Å²) in [5.74, 6) is 0. The fraction of sp³-hybridized carbons (Fsp3) is 0.357. The molecule has 0 bridgehead atoms. The van der Waals surface area contributed by atoms with Crippen molar-refractivity contribution in [2.75, 3.05) is 6.61 Å². The molecule has 1 aromatic rings. The molecule has 0 aliphatic carbocycles. The number of ether oxygens (including phenoxy) is 1. The first-order valence-corrected chi connectivity index (χ1v) is 6.34. The van der Waals surface area contributed by atoms with Crippen LogP contribution in [-0.2, 0) is 4.74 Å². The van der Waals surface area contributed by atoms with Crippen molar-refractivity contribution in [2.24, 2.45) is 0 Å². The highest BCUT2D eigenvalue weighted by Crippen LogP contribution is 2.06. The van der Waals surface area contributed by atoms with Crippen LogP contribution in [0, 0.1) is 10.1 Å². The number of hydrogen-bond acceptors (Lipinski definition) is 4. The van der Waals surface area contributed by atoms with Crippen LogP contribution >= 0.6 is 0 Å². The van der Waals surface area contributed by atoms with Gasteiger partial charge in [-0.2, -0.15) is 0 Å². The first kappa shape index (κ1) is 15.7. The normalized spacial score (nSPS) is 13.7. The summed E-state index contributed by atoms with van der Waals surface area (Å²) in [6.45, 7) is 3.32. The molecule has 2 atom stereocenters. The molecule has 6 nitrogen and oxygen atoms in total. The molecule has 0 spiro atoms. The van der Waals surface area contributed by atoms with Crippen molar-refractivity contribution in [1.29, 1.82) is 0 Å². The minimum absolute atomic E-state index is 0.216. The number of nitro groups is 1. The van der Waals surface area contributed by atoms with Gasteiger partial charge in [0.05, 0.1) is 6.61 Å². The molecule has 6 heteroatoms. The van der Waals surface area contributed by atoms with E-state index in [4.69, 9.17) is 4.74 Å². The fourth-order valence-electron chi connectivity index (χ4n) is 1.55. The number of carbonyl (C=O) groups is 1. The predicted octanol–water partition coefficient (Wildman–Crippen LogP) is 2.48. The third-order valence-electron chi connectivity index (χ3n) is 2.71. The molecular formula is C14H18N2O4. The molecular weight excluding hydrogens is 260 g/mol. The lowest BCUT2D eigenvalue weighted by molar-refractivity contribution is -0.520. The summed E-state index contributed by atoms with van der Waals surface area (Å²) < 4.78 is 4.75. The monoisotopic (exact) mass is 278 g/mol. The molecule has 20 heavy (non-hydrogen) atoms. The number of nitrogens with zero attached hydrogens (tertiary/aromatic N) is 1. The van der Waals surface area contributed by atoms with Gasteiger partial charge in [-0.25, -0.2) is 4.79 Å². The molecule has 0 radical (unpaired) electrons. The van der Waals surface area contributed by atoms with Gasteiger partial charge in [-0.05, 0) is 12.5 Å². The van der Waals surface area contributed by atoms with Gasteiger partial charge in [0, 0.05) is 11.8 Å². The van der Waals surface area contributed by atoms with Crippen molar-refractivity contribution in [1.82, 2.24) is 5.32 Å². The standard InChI is InChI=1S/C14H18N2O4/c1-3-20-14(17)15-13(11(2)16(18)19)10-9-12-7-5-4-6-8-12/h4-11,13H,3H2,1-2H3,(H,15,17)/b10-9+/t11-,13+/m1/s1. The Morgan fingerprint density at radius 1 is 1.45 bits per heavy atom. The van der Waals surface area contributed by atoms with E-state index in [1.165, 1.54) is 6.92 Å². The molecule has 1 amide bonds. The van der Waals surface area contributed by atoms with E-state index in [2.05, 4.69) is 5.32 Å². The smallest absolute Gasteiger partial charge is 0.407 e. The van der Waals surface area contributed by atoms with Crippen LogP contribution in [-0.4, -0.2) is 29.7 Å². The van der Waals surface area contributed by atoms with E-state index in [1.807, 2.05) is 30.3 Å². The Labute approximate surface area is 117 Å². The predicted molar refractivity (Wildman–Crippen MR) is 75.9 cm³/mol. The third-order valence-corrected chi connectivity index (χ3v) is 2.71. The van der Waals surface area contributed by atoms with Crippen LogP contribution in [0.25, 0.3) is 6.08 Å². The molecule has 0 saturated heterocycles. The molecule has 1 N–H and O–H groups in total. The van der Waals surface area contributed by atoms with Crippen molar-refractivity contribution < 1.29 is 14.5 Å². The zero-order chi connectivity index (χ0) is 15.0. The maximum absolute atomic E-state index is 11.4. The lowest BCUT2D eigenvalue weighted by Gasteiger charge is -2.16. The maximum atomic E-state index is 11.4. The number of benzene rings is 1. The first-order valence-electron chi connectivity index (χ1n) is 6.34. The highest BCUT2D eigenvalue weighted by atomic mass is 16.6. The van der Waals surface area contributed by atoms with Crippen molar-refractivity contribution in [2.45, 2.75) is 25.9 Å². The Morgan fingerprint density at radius 2 is 2.10 bits per heavy atom. The number of hydrogen-bond donors (Lipinski definition) is 1. The van der Waals surface area contributed by atoms with Crippen molar-refractivity contribution in [3.05, 3.63) is 52.1 Å². The minimum Gasteiger partial charge on any atom is -0.450 e. The number of rotatable bonds is 6. The van der Waals surface area contributed by atoms with Gasteiger partial charge < -0.3 is 10.1 Å². The van der Waals surface area contributed by atoms with Gasteiger partial charge in [0.15, 0.2) is 0 Å². The Morgan fingerprint density at radius 3 is 2.65 bits per heavy atom. The third kappa shape index (κ3) is 5.09. The Bertz CT molecular complexity index is 473. The number of amides is 1. The lowest BCUT2D eigenvalue weighted by Crippen LogP contribution is -2.44. The second kappa shape index (κ2) is 7.93. The lowest BCUT2D eigenvalue weighted by atomic mass is 10.1. The van der Waals surface area contributed by atoms with Crippen LogP contribution in [0.2, 0.25) is 0 Å². The SMILES string of the molecule is CCOC(=O)N[C@@H](/C=C/c1ccccc1)[C@@H](C)[N+](=O)[O-]. The van der Waals surface area contributed by atoms with Gasteiger partial charge in [0.25, 0.3) is 0 Å². The molecule has 0 fully saturated rings. The Kier molecular flexibility index (Phi) is 6.22. The summed E-state index contributed by atoms with van der Waals surface area (Å²) in [7, 11) is 0. The van der Waals surface area contributed by atoms with Crippen molar-refractivity contribution in [3.63, 3.8) is 0 Å². The number of carbonyl (C=O) groups excluding carboxylic acids is 1. The first-order chi connectivity index (χ1) is 9.54. The van der Waals surface area contributed by atoms with Crippen molar-refractivity contribution >= 4 is 12.2 Å². The van der Waals surface area contributed by atoms with E-state index >= 15 is 0 Å². The van der Waals surface area contributed by atoms with Gasteiger partial charge >= 0.3 is 6.09 Å². The molecule has 0 heterocycles. The van der Waals surface area contributed by atoms with Gasteiger partial charge in [0.2, 0.25) is 6.04 Å². The zero-order valence-corrected chi connectivity index (χ0v) is 11.5. The van der Waals surface area contributed by atoms with Gasteiger partial charge in [0.1, 0.15) is 6.04 Å². The van der Waals surface area contributed by atoms with E-state index < -0.39 is 23.1 Å². The summed E-state index contributed by atoms with van der Waals surface area (Å²) in [5.41, 5.74) is 0.902. The summed E-state index contributed by atoms with van der Waals surface area (Å²) in [4.78, 5) is 21.8. The summed E-state index contributed by atoms with van der Waals surface area (Å²) in [6.07, 6.45) is 2.67. The molecule has 0 aromatic heterocycles. The van der Waals surface area contributed by atoms with Crippen LogP contribution in [0.4, 0.5) is 4.79 Å². The average molecular weight is 278 g/mol. The van der Waals surface area contributed by atoms with E-state index in [0.717, 1.165) is 5.56 Å². The van der Waals surface area contributed by atoms with Gasteiger partial charge in [-0.3, -0.25) is 10.1 Å². The van der Waals surface area contributed by atoms with E-state index in [0.29, 0.717) is 0 Å². The van der Waals surface area contributed by atoms with Crippen LogP contribution in [0.15, 0.2) is 36.4 Å². The number of nitrogens with one attached hydrogen (secondary N) is 1. The van der Waals surface area contributed by atoms with Crippen molar-refractivity contribution in [3.8, 4) is 0 Å². The largest absolute Gasteiger partial charge is 0.450 e. The zero-order valence-electron chi connectivity index (χ0n) is 11.5. The fourth-order valence-corrected chi connectivity index (χ4v) is 1.55. The quantitative estimate of drug-likeness (QED) is 0.640. The molecule has 1 aromatic carbocycles. The number of alkyl carbamates (subject to hydrolysis) is 1. The van der Waals surface area contributed by atoms with E-state index in [9.17, 15) is 14.9 Å². The Hall–Kier alpha value is -2.37. The van der Waals surface area contributed by atoms with Gasteiger partial charge in [-0.15, -0.1) is 0 Å². The van der Waals surface area contributed by atoms with Crippen LogP contribution in [0.1, 0.15) is 19.4 Å². The van der Waals surface area contributed by atoms with E-state index in [-0.39, 0.29) is 6.61 Å². The van der Waals surface area contributed by atoms with E-state index in [1.54, 1.807) is 19.1 Å². The maximum Gasteiger partial charge on any atom is 0.407 e. The average Bonchev–Trinajstić information content (AvgIpc) is 2.44. The second-order valence-electron chi connectivity index (χ2n) is 4.19. The van der Waals surface area contributed by atoms with Gasteiger partial charge in [-0.1, -0.05) is 42.5 Å². The van der Waals surface area contributed by atoms with Crippen LogP contribution in [0.3, 0.4) is 0 Å². The summed E-state index contributed by atoms with van der Waals surface area (Å²) in [6, 6.07) is 7.67. The second-order valence-corrected chi connectivity index (χ2v) is 4.19. The highest BCUT2D eigenvalue weighted by molar-refractivity contribution is 5.68. The molecule has 1 rings (SSSR count). The topological polar surface area (TPSA) is 81.5 Å². The summed E-state index contributed by atoms with van der Waals surface area (Å²) >= 11 is 0. The molecule has 0 unspecified atom stereocenters. The van der Waals surface area contributed by atoms with Crippen LogP contribution < -0.4 is 5.32 Å². The Balaban J connectivity index is 2.79. The highest BCUT2D eigenvalue weighted by Gasteiger charge is 2.26. The van der Waals surface area contributed by atoms with Crippen LogP contribution in [0.5, 0.6) is 0 Å². The minimum atomic E-state index is -0.945.